The van der Waals surface area contributed by atoms with Gasteiger partial charge in [0.15, 0.2) is 14.6 Å². The van der Waals surface area contributed by atoms with E-state index in [-0.39, 0.29) is 4.80 Å². The molecule has 10 heteroatoms. The van der Waals surface area contributed by atoms with E-state index in [0.717, 1.165) is 24.2 Å². The molecule has 1 fully saturated rings. The van der Waals surface area contributed by atoms with Crippen LogP contribution in [0.1, 0.15) is 19.8 Å². The summed E-state index contributed by atoms with van der Waals surface area (Å²) in [5, 5.41) is 0. The molecule has 1 aliphatic heterocycles. The number of likely N-dealkylation sites (tertiary alicyclic amines) is 1. The van der Waals surface area contributed by atoms with Gasteiger partial charge in [0.1, 0.15) is 17.3 Å². The number of rotatable bonds is 4. The van der Waals surface area contributed by atoms with Crippen LogP contribution in [-0.4, -0.2) is 54.3 Å². The molecule has 3 rings (SSSR count). The standard InChI is InChI=1S/C18H22FN3O4S2/c1-12-5-7-22(8-6-12)17(24)11-28(25,26)10-16(23)20-18-21(2)14-4-3-13(19)9-15(14)27-18/h3-4,9,12H,5-8,10-11H2,1-2H3. The number of halogens is 1. The summed E-state index contributed by atoms with van der Waals surface area (Å²) in [4.78, 5) is 30.1. The average Bonchev–Trinajstić information content (AvgIpc) is 2.89. The Hall–Kier alpha value is -2.07. The lowest BCUT2D eigenvalue weighted by molar-refractivity contribution is -0.129. The molecule has 28 heavy (non-hydrogen) atoms. The first-order valence-electron chi connectivity index (χ1n) is 8.95. The fourth-order valence-corrected chi connectivity index (χ4v) is 5.29. The number of hydrogen-bond acceptors (Lipinski definition) is 5. The van der Waals surface area contributed by atoms with E-state index in [1.807, 2.05) is 0 Å². The van der Waals surface area contributed by atoms with Crippen LogP contribution in [-0.2, 0) is 26.5 Å². The average molecular weight is 428 g/mol. The summed E-state index contributed by atoms with van der Waals surface area (Å²) in [6, 6.07) is 4.20. The highest BCUT2D eigenvalue weighted by Crippen LogP contribution is 2.18. The van der Waals surface area contributed by atoms with Crippen molar-refractivity contribution < 1.29 is 22.4 Å². The number of hydrogen-bond donors (Lipinski definition) is 0. The predicted octanol–water partition coefficient (Wildman–Crippen LogP) is 1.48. The van der Waals surface area contributed by atoms with Crippen LogP contribution in [0.3, 0.4) is 0 Å². The van der Waals surface area contributed by atoms with E-state index in [9.17, 15) is 22.4 Å². The van der Waals surface area contributed by atoms with E-state index in [1.165, 1.54) is 12.1 Å². The first kappa shape index (κ1) is 20.7. The normalized spacial score (nSPS) is 16.7. The molecule has 1 aliphatic rings. The van der Waals surface area contributed by atoms with Crippen LogP contribution in [0.25, 0.3) is 10.2 Å². The van der Waals surface area contributed by atoms with Crippen molar-refractivity contribution in [3.05, 3.63) is 28.8 Å². The van der Waals surface area contributed by atoms with Crippen molar-refractivity contribution in [3.8, 4) is 0 Å². The topological polar surface area (TPSA) is 88.8 Å². The van der Waals surface area contributed by atoms with Crippen molar-refractivity contribution in [1.82, 2.24) is 9.47 Å². The molecule has 2 heterocycles. The zero-order valence-electron chi connectivity index (χ0n) is 15.7. The molecule has 1 saturated heterocycles. The summed E-state index contributed by atoms with van der Waals surface area (Å²) >= 11 is 1.09. The maximum atomic E-state index is 13.3. The van der Waals surface area contributed by atoms with Gasteiger partial charge in [0.2, 0.25) is 5.91 Å². The smallest absolute Gasteiger partial charge is 0.263 e. The van der Waals surface area contributed by atoms with E-state index in [4.69, 9.17) is 0 Å². The van der Waals surface area contributed by atoms with Gasteiger partial charge in [-0.15, -0.1) is 0 Å². The Bertz CT molecular complexity index is 1080. The van der Waals surface area contributed by atoms with Crippen molar-refractivity contribution in [2.45, 2.75) is 19.8 Å². The Labute approximate surface area is 166 Å². The minimum Gasteiger partial charge on any atom is -0.342 e. The lowest BCUT2D eigenvalue weighted by atomic mass is 9.99. The summed E-state index contributed by atoms with van der Waals surface area (Å²) in [5.41, 5.74) is 0.690. The number of sulfone groups is 1. The molecular formula is C18H22FN3O4S2. The second kappa shape index (κ2) is 8.12. The second-order valence-electron chi connectivity index (χ2n) is 7.16. The summed E-state index contributed by atoms with van der Waals surface area (Å²) in [6.07, 6.45) is 1.70. The second-order valence-corrected chi connectivity index (χ2v) is 10.2. The van der Waals surface area contributed by atoms with Crippen molar-refractivity contribution in [1.29, 1.82) is 0 Å². The SMILES string of the molecule is CC1CCN(C(=O)CS(=O)(=O)CC(=O)N=c2sc3cc(F)ccc3n2C)CC1. The molecule has 0 bridgehead atoms. The maximum absolute atomic E-state index is 13.3. The number of carbonyl (C=O) groups is 2. The zero-order valence-corrected chi connectivity index (χ0v) is 17.4. The van der Waals surface area contributed by atoms with Gasteiger partial charge in [-0.05, 0) is 37.0 Å². The molecule has 0 N–H and O–H groups in total. The fraction of sp³-hybridized carbons (Fsp3) is 0.500. The molecule has 1 aromatic heterocycles. The number of carbonyl (C=O) groups excluding carboxylic acids is 2. The number of piperidine rings is 1. The van der Waals surface area contributed by atoms with Gasteiger partial charge in [0.05, 0.1) is 10.2 Å². The monoisotopic (exact) mass is 427 g/mol. The highest BCUT2D eigenvalue weighted by atomic mass is 32.2. The third-order valence-electron chi connectivity index (χ3n) is 4.81. The van der Waals surface area contributed by atoms with Gasteiger partial charge in [0.25, 0.3) is 5.91 Å². The van der Waals surface area contributed by atoms with Gasteiger partial charge in [-0.3, -0.25) is 9.59 Å². The third kappa shape index (κ3) is 4.85. The van der Waals surface area contributed by atoms with Crippen LogP contribution >= 0.6 is 11.3 Å². The first-order chi connectivity index (χ1) is 13.1. The molecule has 0 radical (unpaired) electrons. The number of benzene rings is 1. The fourth-order valence-electron chi connectivity index (χ4n) is 3.13. The zero-order chi connectivity index (χ0) is 20.5. The first-order valence-corrected chi connectivity index (χ1v) is 11.6. The van der Waals surface area contributed by atoms with Gasteiger partial charge in [-0.2, -0.15) is 4.99 Å². The molecular weight excluding hydrogens is 405 g/mol. The number of aryl methyl sites for hydroxylation is 1. The van der Waals surface area contributed by atoms with Crippen LogP contribution in [0.5, 0.6) is 0 Å². The predicted molar refractivity (Wildman–Crippen MR) is 105 cm³/mol. The highest BCUT2D eigenvalue weighted by molar-refractivity contribution is 7.92. The summed E-state index contributed by atoms with van der Waals surface area (Å²) in [5.74, 6) is -2.71. The molecule has 0 spiro atoms. The van der Waals surface area contributed by atoms with Crippen LogP contribution in [0.15, 0.2) is 23.2 Å². The molecule has 2 amide bonds. The van der Waals surface area contributed by atoms with Crippen LogP contribution in [0.4, 0.5) is 4.39 Å². The number of thiazole rings is 1. The lowest BCUT2D eigenvalue weighted by Crippen LogP contribution is -2.41. The highest BCUT2D eigenvalue weighted by Gasteiger charge is 2.26. The van der Waals surface area contributed by atoms with E-state index in [1.54, 1.807) is 22.6 Å². The number of aromatic nitrogens is 1. The van der Waals surface area contributed by atoms with Gasteiger partial charge >= 0.3 is 0 Å². The summed E-state index contributed by atoms with van der Waals surface area (Å²) in [6.45, 7) is 3.19. The quantitative estimate of drug-likeness (QED) is 0.739. The Morgan fingerprint density at radius 2 is 1.93 bits per heavy atom. The molecule has 152 valence electrons. The summed E-state index contributed by atoms with van der Waals surface area (Å²) in [7, 11) is -2.25. The van der Waals surface area contributed by atoms with Gasteiger partial charge in [0, 0.05) is 20.1 Å². The Morgan fingerprint density at radius 1 is 1.25 bits per heavy atom. The minimum atomic E-state index is -3.91. The molecule has 2 aromatic rings. The summed E-state index contributed by atoms with van der Waals surface area (Å²) < 4.78 is 40.1. The number of fused-ring (bicyclic) bond motifs is 1. The van der Waals surface area contributed by atoms with Gasteiger partial charge in [-0.25, -0.2) is 12.8 Å². The molecule has 0 aliphatic carbocycles. The molecule has 0 saturated carbocycles. The van der Waals surface area contributed by atoms with Gasteiger partial charge < -0.3 is 9.47 Å². The third-order valence-corrected chi connectivity index (χ3v) is 7.28. The lowest BCUT2D eigenvalue weighted by Gasteiger charge is -2.30. The van der Waals surface area contributed by atoms with Crippen LogP contribution < -0.4 is 4.80 Å². The minimum absolute atomic E-state index is 0.275. The Morgan fingerprint density at radius 3 is 2.61 bits per heavy atom. The van der Waals surface area contributed by atoms with E-state index in [2.05, 4.69) is 11.9 Å². The Kier molecular flexibility index (Phi) is 5.99. The largest absolute Gasteiger partial charge is 0.342 e. The molecule has 7 nitrogen and oxygen atoms in total. The Balaban J connectivity index is 1.70. The van der Waals surface area contributed by atoms with E-state index in [0.29, 0.717) is 29.2 Å². The molecule has 0 atom stereocenters. The van der Waals surface area contributed by atoms with Crippen molar-refractivity contribution >= 4 is 43.2 Å². The van der Waals surface area contributed by atoms with Crippen LogP contribution in [0, 0.1) is 11.7 Å². The van der Waals surface area contributed by atoms with Crippen molar-refractivity contribution in [3.63, 3.8) is 0 Å². The number of amides is 2. The van der Waals surface area contributed by atoms with Crippen LogP contribution in [0.2, 0.25) is 0 Å². The number of nitrogens with zero attached hydrogens (tertiary/aromatic N) is 3. The molecule has 0 unspecified atom stereocenters. The van der Waals surface area contributed by atoms with E-state index < -0.39 is 39.0 Å². The van der Waals surface area contributed by atoms with E-state index >= 15 is 0 Å². The van der Waals surface area contributed by atoms with Crippen molar-refractivity contribution in [2.24, 2.45) is 18.0 Å². The van der Waals surface area contributed by atoms with Gasteiger partial charge in [-0.1, -0.05) is 18.3 Å². The van der Waals surface area contributed by atoms with Crippen molar-refractivity contribution in [2.75, 3.05) is 24.6 Å². The molecule has 1 aromatic carbocycles. The maximum Gasteiger partial charge on any atom is 0.263 e.